The number of aliphatic hydroxyl groups is 1. The van der Waals surface area contributed by atoms with Crippen LogP contribution in [0.25, 0.3) is 0 Å². The fraction of sp³-hybridized carbons (Fsp3) is 0.250. The maximum Gasteiger partial charge on any atom is 0.137 e. The van der Waals surface area contributed by atoms with Gasteiger partial charge in [-0.05, 0) is 33.6 Å². The molecule has 0 bridgehead atoms. The Balaban J connectivity index is 2.96. The molecule has 1 aromatic carbocycles. The van der Waals surface area contributed by atoms with Crippen molar-refractivity contribution in [2.75, 3.05) is 6.54 Å². The van der Waals surface area contributed by atoms with Gasteiger partial charge in [-0.3, -0.25) is 0 Å². The second kappa shape index (κ2) is 3.98. The Morgan fingerprint density at radius 2 is 2.25 bits per heavy atom. The van der Waals surface area contributed by atoms with Crippen molar-refractivity contribution in [1.29, 1.82) is 0 Å². The van der Waals surface area contributed by atoms with Crippen molar-refractivity contribution in [3.8, 4) is 0 Å². The summed E-state index contributed by atoms with van der Waals surface area (Å²) in [7, 11) is 0. The molecule has 12 heavy (non-hydrogen) atoms. The van der Waals surface area contributed by atoms with E-state index in [9.17, 15) is 9.50 Å². The van der Waals surface area contributed by atoms with Gasteiger partial charge in [0.1, 0.15) is 5.82 Å². The highest BCUT2D eigenvalue weighted by atomic mass is 79.9. The van der Waals surface area contributed by atoms with E-state index in [-0.39, 0.29) is 12.4 Å². The summed E-state index contributed by atoms with van der Waals surface area (Å²) in [6.07, 6.45) is -0.720. The summed E-state index contributed by atoms with van der Waals surface area (Å²) in [5.41, 5.74) is 5.85. The zero-order valence-electron chi connectivity index (χ0n) is 6.30. The van der Waals surface area contributed by atoms with E-state index in [0.717, 1.165) is 0 Å². The Labute approximate surface area is 78.3 Å². The number of aliphatic hydroxyl groups excluding tert-OH is 1. The first-order valence-electron chi connectivity index (χ1n) is 3.48. The molecule has 2 nitrogen and oxygen atoms in total. The van der Waals surface area contributed by atoms with E-state index in [1.165, 1.54) is 18.2 Å². The lowest BCUT2D eigenvalue weighted by atomic mass is 10.1. The highest BCUT2D eigenvalue weighted by Crippen LogP contribution is 2.20. The van der Waals surface area contributed by atoms with Crippen molar-refractivity contribution in [2.45, 2.75) is 6.10 Å². The van der Waals surface area contributed by atoms with Crippen molar-refractivity contribution in [1.82, 2.24) is 0 Å². The Morgan fingerprint density at radius 1 is 1.58 bits per heavy atom. The topological polar surface area (TPSA) is 46.2 Å². The third-order valence-corrected chi connectivity index (χ3v) is 2.16. The van der Waals surface area contributed by atoms with Gasteiger partial charge in [-0.25, -0.2) is 4.39 Å². The van der Waals surface area contributed by atoms with E-state index in [2.05, 4.69) is 15.9 Å². The Morgan fingerprint density at radius 3 is 2.75 bits per heavy atom. The quantitative estimate of drug-likeness (QED) is 0.815. The van der Waals surface area contributed by atoms with Crippen molar-refractivity contribution in [3.63, 3.8) is 0 Å². The number of benzene rings is 1. The molecule has 0 spiro atoms. The molecule has 3 N–H and O–H groups in total. The average Bonchev–Trinajstić information content (AvgIpc) is 2.08. The van der Waals surface area contributed by atoms with Crippen LogP contribution >= 0.6 is 15.9 Å². The van der Waals surface area contributed by atoms with Crippen LogP contribution in [0.2, 0.25) is 0 Å². The molecule has 1 rings (SSSR count). The molecule has 0 amide bonds. The Kier molecular flexibility index (Phi) is 3.20. The minimum absolute atomic E-state index is 0.137. The van der Waals surface area contributed by atoms with Gasteiger partial charge in [0.2, 0.25) is 0 Å². The van der Waals surface area contributed by atoms with Gasteiger partial charge < -0.3 is 10.8 Å². The van der Waals surface area contributed by atoms with Gasteiger partial charge in [-0.15, -0.1) is 0 Å². The summed E-state index contributed by atoms with van der Waals surface area (Å²) in [4.78, 5) is 0. The summed E-state index contributed by atoms with van der Waals surface area (Å²) in [5, 5.41) is 9.28. The van der Waals surface area contributed by atoms with Crippen LogP contribution in [-0.4, -0.2) is 11.7 Å². The molecular formula is C8H9BrFNO. The van der Waals surface area contributed by atoms with E-state index in [4.69, 9.17) is 5.73 Å². The molecule has 66 valence electrons. The predicted molar refractivity (Wildman–Crippen MR) is 48.1 cm³/mol. The maximum absolute atomic E-state index is 12.7. The molecule has 0 aliphatic heterocycles. The Hall–Kier alpha value is -0.450. The predicted octanol–water partition coefficient (Wildman–Crippen LogP) is 1.58. The molecule has 1 aromatic rings. The molecule has 4 heteroatoms. The average molecular weight is 234 g/mol. The normalized spacial score (nSPS) is 13.0. The minimum atomic E-state index is -0.720. The van der Waals surface area contributed by atoms with Crippen LogP contribution in [0, 0.1) is 5.82 Å². The lowest BCUT2D eigenvalue weighted by molar-refractivity contribution is 0.186. The molecular weight excluding hydrogens is 225 g/mol. The summed E-state index contributed by atoms with van der Waals surface area (Å²) in [5.74, 6) is -0.344. The van der Waals surface area contributed by atoms with Crippen LogP contribution in [0.1, 0.15) is 11.7 Å². The monoisotopic (exact) mass is 233 g/mol. The first-order chi connectivity index (χ1) is 5.65. The van der Waals surface area contributed by atoms with Crippen molar-refractivity contribution in [3.05, 3.63) is 34.1 Å². The lowest BCUT2D eigenvalue weighted by Gasteiger charge is -2.07. The molecule has 0 saturated carbocycles. The van der Waals surface area contributed by atoms with Gasteiger partial charge in [0.25, 0.3) is 0 Å². The number of hydrogen-bond donors (Lipinski definition) is 2. The first-order valence-corrected chi connectivity index (χ1v) is 4.27. The van der Waals surface area contributed by atoms with Crippen LogP contribution in [0.15, 0.2) is 22.7 Å². The third-order valence-electron chi connectivity index (χ3n) is 1.55. The highest BCUT2D eigenvalue weighted by Gasteiger charge is 2.06. The molecule has 0 fully saturated rings. The van der Waals surface area contributed by atoms with Gasteiger partial charge in [0, 0.05) is 6.54 Å². The number of hydrogen-bond acceptors (Lipinski definition) is 2. The molecule has 0 aliphatic rings. The fourth-order valence-electron chi connectivity index (χ4n) is 0.856. The van der Waals surface area contributed by atoms with Crippen LogP contribution in [0.5, 0.6) is 0 Å². The molecule has 0 aliphatic carbocycles. The molecule has 0 saturated heterocycles. The van der Waals surface area contributed by atoms with E-state index >= 15 is 0 Å². The molecule has 0 radical (unpaired) electrons. The number of halogens is 2. The van der Waals surface area contributed by atoms with Gasteiger partial charge in [-0.2, -0.15) is 0 Å². The fourth-order valence-corrected chi connectivity index (χ4v) is 1.25. The summed E-state index contributed by atoms with van der Waals surface area (Å²) < 4.78 is 13.0. The molecule has 0 unspecified atom stereocenters. The van der Waals surface area contributed by atoms with Crippen LogP contribution in [0.3, 0.4) is 0 Å². The summed E-state index contributed by atoms with van der Waals surface area (Å²) in [6, 6.07) is 4.32. The van der Waals surface area contributed by atoms with E-state index < -0.39 is 6.10 Å². The standard InChI is InChI=1S/C8H9BrFNO/c9-6-3-5(8(12)4-11)1-2-7(6)10/h1-3,8,12H,4,11H2/t8-/m1/s1. The van der Waals surface area contributed by atoms with Gasteiger partial charge >= 0.3 is 0 Å². The van der Waals surface area contributed by atoms with Gasteiger partial charge in [0.05, 0.1) is 10.6 Å². The summed E-state index contributed by atoms with van der Waals surface area (Å²) in [6.45, 7) is 0.137. The van der Waals surface area contributed by atoms with Crippen LogP contribution < -0.4 is 5.73 Å². The van der Waals surface area contributed by atoms with Crippen LogP contribution in [0.4, 0.5) is 4.39 Å². The Bertz CT molecular complexity index is 280. The molecule has 0 heterocycles. The smallest absolute Gasteiger partial charge is 0.137 e. The molecule has 1 atom stereocenters. The number of nitrogens with two attached hydrogens (primary N) is 1. The second-order valence-electron chi connectivity index (χ2n) is 2.43. The van der Waals surface area contributed by atoms with Crippen molar-refractivity contribution in [2.24, 2.45) is 5.73 Å². The zero-order valence-corrected chi connectivity index (χ0v) is 7.88. The van der Waals surface area contributed by atoms with Gasteiger partial charge in [-0.1, -0.05) is 6.07 Å². The zero-order chi connectivity index (χ0) is 9.14. The molecule has 0 aromatic heterocycles. The highest BCUT2D eigenvalue weighted by molar-refractivity contribution is 9.10. The second-order valence-corrected chi connectivity index (χ2v) is 3.28. The van der Waals surface area contributed by atoms with Crippen molar-refractivity contribution >= 4 is 15.9 Å². The SMILES string of the molecule is NC[C@@H](O)c1ccc(F)c(Br)c1. The van der Waals surface area contributed by atoms with E-state index in [1.54, 1.807) is 0 Å². The van der Waals surface area contributed by atoms with Crippen LogP contribution in [-0.2, 0) is 0 Å². The first kappa shape index (κ1) is 9.64. The van der Waals surface area contributed by atoms with E-state index in [0.29, 0.717) is 10.0 Å². The number of rotatable bonds is 2. The largest absolute Gasteiger partial charge is 0.387 e. The maximum atomic E-state index is 12.7. The summed E-state index contributed by atoms with van der Waals surface area (Å²) >= 11 is 3.02. The third kappa shape index (κ3) is 2.03. The minimum Gasteiger partial charge on any atom is -0.387 e. The van der Waals surface area contributed by atoms with Gasteiger partial charge in [0.15, 0.2) is 0 Å². The van der Waals surface area contributed by atoms with E-state index in [1.807, 2.05) is 0 Å². The lowest BCUT2D eigenvalue weighted by Crippen LogP contribution is -2.11. The van der Waals surface area contributed by atoms with Crippen molar-refractivity contribution < 1.29 is 9.50 Å².